The van der Waals surface area contributed by atoms with Crippen molar-refractivity contribution in [2.75, 3.05) is 6.61 Å². The molecule has 0 saturated carbocycles. The summed E-state index contributed by atoms with van der Waals surface area (Å²) in [6, 6.07) is 10.1. The summed E-state index contributed by atoms with van der Waals surface area (Å²) in [5.41, 5.74) is 1.82. The van der Waals surface area contributed by atoms with Crippen LogP contribution in [0.3, 0.4) is 0 Å². The van der Waals surface area contributed by atoms with Gasteiger partial charge in [-0.3, -0.25) is 19.7 Å². The summed E-state index contributed by atoms with van der Waals surface area (Å²) in [6.45, 7) is 2.90. The van der Waals surface area contributed by atoms with Crippen molar-refractivity contribution < 1.29 is 24.0 Å². The molecule has 0 aromatic heterocycles. The normalized spacial score (nSPS) is 15.7. The third-order valence-electron chi connectivity index (χ3n) is 5.66. The Bertz CT molecular complexity index is 1100. The van der Waals surface area contributed by atoms with Crippen LogP contribution in [0.4, 0.5) is 5.69 Å². The molecule has 2 aromatic rings. The number of amides is 2. The number of rotatable bonds is 8. The molecule has 9 nitrogen and oxygen atoms in total. The van der Waals surface area contributed by atoms with Gasteiger partial charge in [0.05, 0.1) is 21.6 Å². The number of aryl methyl sites for hydroxylation is 1. The van der Waals surface area contributed by atoms with Crippen molar-refractivity contribution in [3.8, 4) is 0 Å². The summed E-state index contributed by atoms with van der Waals surface area (Å²) >= 11 is 6.02. The molecule has 1 unspecified atom stereocenters. The second kappa shape index (κ2) is 11.1. The lowest BCUT2D eigenvalue weighted by atomic mass is 9.88. The topological polar surface area (TPSA) is 128 Å². The van der Waals surface area contributed by atoms with Crippen molar-refractivity contribution in [2.24, 2.45) is 5.92 Å². The van der Waals surface area contributed by atoms with Gasteiger partial charge in [0.1, 0.15) is 6.04 Å². The highest BCUT2D eigenvalue weighted by Crippen LogP contribution is 2.29. The lowest BCUT2D eigenvalue weighted by Gasteiger charge is -2.26. The van der Waals surface area contributed by atoms with E-state index in [9.17, 15) is 24.5 Å². The minimum Gasteiger partial charge on any atom is -0.454 e. The molecule has 0 aliphatic heterocycles. The molecule has 2 aromatic carbocycles. The Morgan fingerprint density at radius 1 is 1.21 bits per heavy atom. The van der Waals surface area contributed by atoms with Crippen LogP contribution in [0.2, 0.25) is 5.02 Å². The number of nitrogens with zero attached hydrogens (tertiary/aromatic N) is 1. The van der Waals surface area contributed by atoms with E-state index in [2.05, 4.69) is 10.6 Å². The van der Waals surface area contributed by atoms with Gasteiger partial charge in [-0.25, -0.2) is 4.79 Å². The molecule has 2 N–H and O–H groups in total. The van der Waals surface area contributed by atoms with Gasteiger partial charge in [0.15, 0.2) is 6.61 Å². The average Bonchev–Trinajstić information content (AvgIpc) is 2.81. The highest BCUT2D eigenvalue weighted by molar-refractivity contribution is 6.34. The smallest absolute Gasteiger partial charge is 0.329 e. The van der Waals surface area contributed by atoms with Gasteiger partial charge in [-0.1, -0.05) is 49.7 Å². The van der Waals surface area contributed by atoms with Crippen molar-refractivity contribution >= 4 is 35.1 Å². The Morgan fingerprint density at radius 3 is 2.65 bits per heavy atom. The van der Waals surface area contributed by atoms with Crippen LogP contribution in [0.1, 0.15) is 54.2 Å². The van der Waals surface area contributed by atoms with E-state index in [-0.39, 0.29) is 28.2 Å². The van der Waals surface area contributed by atoms with E-state index < -0.39 is 35.4 Å². The zero-order chi connectivity index (χ0) is 24.8. The zero-order valence-corrected chi connectivity index (χ0v) is 19.6. The van der Waals surface area contributed by atoms with Gasteiger partial charge in [0.2, 0.25) is 0 Å². The van der Waals surface area contributed by atoms with E-state index >= 15 is 0 Å². The van der Waals surface area contributed by atoms with Crippen LogP contribution in [0, 0.1) is 16.0 Å². The molecule has 3 rings (SSSR count). The highest BCUT2D eigenvalue weighted by Gasteiger charge is 2.29. The van der Waals surface area contributed by atoms with E-state index in [1.54, 1.807) is 13.8 Å². The van der Waals surface area contributed by atoms with Crippen LogP contribution in [-0.4, -0.2) is 35.4 Å². The summed E-state index contributed by atoms with van der Waals surface area (Å²) in [4.78, 5) is 48.1. The molecule has 1 aliphatic carbocycles. The van der Waals surface area contributed by atoms with Crippen LogP contribution in [0.15, 0.2) is 42.5 Å². The third-order valence-corrected chi connectivity index (χ3v) is 5.99. The maximum absolute atomic E-state index is 12.7. The molecule has 0 saturated heterocycles. The zero-order valence-electron chi connectivity index (χ0n) is 18.9. The van der Waals surface area contributed by atoms with Gasteiger partial charge in [-0.05, 0) is 42.4 Å². The number of hydrogen-bond acceptors (Lipinski definition) is 6. The van der Waals surface area contributed by atoms with Crippen molar-refractivity contribution in [1.29, 1.82) is 0 Å². The van der Waals surface area contributed by atoms with E-state index in [1.807, 2.05) is 24.3 Å². The fourth-order valence-electron chi connectivity index (χ4n) is 3.88. The van der Waals surface area contributed by atoms with Crippen LogP contribution in [0.25, 0.3) is 0 Å². The van der Waals surface area contributed by atoms with Gasteiger partial charge in [-0.2, -0.15) is 0 Å². The van der Waals surface area contributed by atoms with Crippen LogP contribution >= 0.6 is 11.6 Å². The summed E-state index contributed by atoms with van der Waals surface area (Å²) in [6.07, 6.45) is 2.71. The quantitative estimate of drug-likeness (QED) is 0.331. The summed E-state index contributed by atoms with van der Waals surface area (Å²) < 4.78 is 5.18. The second-order valence-electron chi connectivity index (χ2n) is 8.44. The van der Waals surface area contributed by atoms with Gasteiger partial charge in [0, 0.05) is 12.1 Å². The molecule has 10 heteroatoms. The number of non-ortho nitro benzene ring substituents is 1. The summed E-state index contributed by atoms with van der Waals surface area (Å²) in [5, 5.41) is 16.4. The minimum atomic E-state index is -1.08. The van der Waals surface area contributed by atoms with Crippen molar-refractivity contribution in [3.05, 3.63) is 74.3 Å². The molecule has 0 fully saturated rings. The van der Waals surface area contributed by atoms with Gasteiger partial charge in [0.25, 0.3) is 17.5 Å². The molecule has 2 amide bonds. The molecule has 0 spiro atoms. The molecule has 180 valence electrons. The highest BCUT2D eigenvalue weighted by atomic mass is 35.5. The Hall–Kier alpha value is -3.46. The van der Waals surface area contributed by atoms with E-state index in [0.29, 0.717) is 0 Å². The first-order valence-corrected chi connectivity index (χ1v) is 11.3. The Balaban J connectivity index is 1.60. The number of nitrogens with one attached hydrogen (secondary N) is 2. The molecule has 1 aliphatic rings. The van der Waals surface area contributed by atoms with Gasteiger partial charge >= 0.3 is 5.97 Å². The number of esters is 1. The summed E-state index contributed by atoms with van der Waals surface area (Å²) in [7, 11) is 0. The second-order valence-corrected chi connectivity index (χ2v) is 8.84. The Kier molecular flexibility index (Phi) is 8.22. The number of carbonyl (C=O) groups is 3. The van der Waals surface area contributed by atoms with Crippen LogP contribution in [-0.2, 0) is 20.7 Å². The van der Waals surface area contributed by atoms with Gasteiger partial charge < -0.3 is 15.4 Å². The Labute approximate surface area is 202 Å². The average molecular weight is 488 g/mol. The number of hydrogen-bond donors (Lipinski definition) is 2. The largest absolute Gasteiger partial charge is 0.454 e. The van der Waals surface area contributed by atoms with Crippen LogP contribution < -0.4 is 10.6 Å². The predicted octanol–water partition coefficient (Wildman–Crippen LogP) is 3.74. The fourth-order valence-corrected chi connectivity index (χ4v) is 4.09. The number of benzene rings is 2. The lowest BCUT2D eigenvalue weighted by molar-refractivity contribution is -0.384. The van der Waals surface area contributed by atoms with Crippen molar-refractivity contribution in [3.63, 3.8) is 0 Å². The maximum atomic E-state index is 12.7. The number of fused-ring (bicyclic) bond motifs is 1. The van der Waals surface area contributed by atoms with Crippen molar-refractivity contribution in [2.45, 2.75) is 45.2 Å². The monoisotopic (exact) mass is 487 g/mol. The SMILES string of the molecule is CC(C)[C@H](NC(=O)c1cc([N+](=O)[O-])ccc1Cl)C(=O)OCC(=O)NC1CCCc2ccccc21. The first kappa shape index (κ1) is 25.2. The van der Waals surface area contributed by atoms with E-state index in [0.717, 1.165) is 30.9 Å². The number of halogens is 1. The molecular formula is C24H26ClN3O6. The third kappa shape index (κ3) is 6.11. The first-order valence-electron chi connectivity index (χ1n) is 11.0. The molecule has 34 heavy (non-hydrogen) atoms. The number of ether oxygens (including phenoxy) is 1. The molecule has 0 bridgehead atoms. The fraction of sp³-hybridized carbons (Fsp3) is 0.375. The van der Waals surface area contributed by atoms with E-state index in [1.165, 1.54) is 17.7 Å². The Morgan fingerprint density at radius 2 is 1.94 bits per heavy atom. The molecular weight excluding hydrogens is 462 g/mol. The van der Waals surface area contributed by atoms with Crippen molar-refractivity contribution in [1.82, 2.24) is 10.6 Å². The number of nitro benzene ring substituents is 1. The number of nitro groups is 1. The standard InChI is InChI=1S/C24H26ClN3O6/c1-14(2)22(27-23(30)18-12-16(28(32)33)10-11-19(18)25)24(31)34-13-21(29)26-20-9-5-7-15-6-3-4-8-17(15)20/h3-4,6,8,10-12,14,20,22H,5,7,9,13H2,1-2H3,(H,26,29)(H,27,30)/t20?,22-/m0/s1. The predicted molar refractivity (Wildman–Crippen MR) is 125 cm³/mol. The summed E-state index contributed by atoms with van der Waals surface area (Å²) in [5.74, 6) is -2.36. The number of carbonyl (C=O) groups excluding carboxylic acids is 3. The maximum Gasteiger partial charge on any atom is 0.329 e. The molecule has 0 radical (unpaired) electrons. The lowest BCUT2D eigenvalue weighted by Crippen LogP contribution is -2.46. The first-order chi connectivity index (χ1) is 16.2. The van der Waals surface area contributed by atoms with E-state index in [4.69, 9.17) is 16.3 Å². The minimum absolute atomic E-state index is 0.00566. The molecule has 2 atom stereocenters. The van der Waals surface area contributed by atoms with Gasteiger partial charge in [-0.15, -0.1) is 0 Å². The van der Waals surface area contributed by atoms with Crippen LogP contribution in [0.5, 0.6) is 0 Å². The molecule has 0 heterocycles.